The maximum absolute atomic E-state index is 11.3. The van der Waals surface area contributed by atoms with Crippen molar-refractivity contribution in [2.75, 3.05) is 0 Å². The van der Waals surface area contributed by atoms with E-state index in [9.17, 15) is 4.79 Å². The Balaban J connectivity index is 2.34. The van der Waals surface area contributed by atoms with Crippen molar-refractivity contribution in [2.45, 2.75) is 6.92 Å². The molecule has 5 heteroatoms. The lowest BCUT2D eigenvalue weighted by Gasteiger charge is -2.03. The van der Waals surface area contributed by atoms with Crippen LogP contribution in [0.15, 0.2) is 35.1 Å². The van der Waals surface area contributed by atoms with E-state index in [1.165, 1.54) is 0 Å². The van der Waals surface area contributed by atoms with Gasteiger partial charge in [-0.05, 0) is 12.8 Å². The van der Waals surface area contributed by atoms with Crippen molar-refractivity contribution in [3.8, 4) is 23.1 Å². The molecule has 0 saturated heterocycles. The summed E-state index contributed by atoms with van der Waals surface area (Å²) in [5, 5.41) is 0. The first-order valence-electron chi connectivity index (χ1n) is 5.76. The van der Waals surface area contributed by atoms with Crippen molar-refractivity contribution in [1.82, 2.24) is 19.9 Å². The minimum absolute atomic E-state index is 0.324. The quantitative estimate of drug-likeness (QED) is 0.645. The molecule has 2 N–H and O–H groups in total. The van der Waals surface area contributed by atoms with E-state index in [0.29, 0.717) is 22.7 Å². The molecular formula is C14H10N4O. The van der Waals surface area contributed by atoms with E-state index in [1.807, 2.05) is 30.3 Å². The van der Waals surface area contributed by atoms with Crippen molar-refractivity contribution in [3.05, 3.63) is 46.5 Å². The number of nitrogens with one attached hydrogen (secondary N) is 2. The van der Waals surface area contributed by atoms with Gasteiger partial charge in [0.15, 0.2) is 11.3 Å². The van der Waals surface area contributed by atoms with Crippen LogP contribution in [0.4, 0.5) is 0 Å². The third-order valence-electron chi connectivity index (χ3n) is 2.65. The van der Waals surface area contributed by atoms with Crippen molar-refractivity contribution in [3.63, 3.8) is 0 Å². The van der Waals surface area contributed by atoms with E-state index >= 15 is 0 Å². The second-order valence-corrected chi connectivity index (χ2v) is 3.94. The molecule has 3 rings (SSSR count). The van der Waals surface area contributed by atoms with Gasteiger partial charge in [-0.15, -0.1) is 0 Å². The van der Waals surface area contributed by atoms with Crippen LogP contribution >= 0.6 is 0 Å². The first kappa shape index (κ1) is 11.2. The Labute approximate surface area is 108 Å². The molecule has 3 aromatic rings. The molecule has 2 aromatic heterocycles. The number of rotatable bonds is 1. The number of hydrogen-bond donors (Lipinski definition) is 2. The molecule has 0 atom stereocenters. The number of hydrogen-bond acceptors (Lipinski definition) is 3. The molecule has 92 valence electrons. The summed E-state index contributed by atoms with van der Waals surface area (Å²) in [4.78, 5) is 25.2. The highest BCUT2D eigenvalue weighted by Crippen LogP contribution is 2.20. The molecule has 0 aliphatic carbocycles. The number of nitrogens with zero attached hydrogens (tertiary/aromatic N) is 2. The Morgan fingerprint density at radius 2 is 1.74 bits per heavy atom. The molecule has 0 unspecified atom stereocenters. The van der Waals surface area contributed by atoms with E-state index in [0.717, 1.165) is 5.56 Å². The highest BCUT2D eigenvalue weighted by molar-refractivity contribution is 5.74. The summed E-state index contributed by atoms with van der Waals surface area (Å²) in [6.07, 6.45) is 0. The van der Waals surface area contributed by atoms with Crippen molar-refractivity contribution in [1.29, 1.82) is 0 Å². The van der Waals surface area contributed by atoms with E-state index in [-0.39, 0.29) is 5.69 Å². The van der Waals surface area contributed by atoms with Crippen LogP contribution in [0.2, 0.25) is 0 Å². The highest BCUT2D eigenvalue weighted by Gasteiger charge is 2.11. The maximum atomic E-state index is 11.3. The predicted molar refractivity (Wildman–Crippen MR) is 72.5 cm³/mol. The Bertz CT molecular complexity index is 850. The Hall–Kier alpha value is -2.87. The van der Waals surface area contributed by atoms with Gasteiger partial charge in [-0.1, -0.05) is 36.3 Å². The standard InChI is InChI=1S/C14H10N4O/c1-2-6-10-11(9-7-4-3-5-8-9)16-13-12(15-10)17-14(19)18-13/h3-5,7-8H,1H3,(H2,15,16,17,18,19). The SMILES string of the molecule is CC#Cc1nc2[nH]c(=O)[nH]c2nc1-c1ccccc1. The van der Waals surface area contributed by atoms with Crippen LogP contribution in [0.3, 0.4) is 0 Å². The van der Waals surface area contributed by atoms with Gasteiger partial charge in [0.05, 0.1) is 0 Å². The molecule has 0 aliphatic rings. The fourth-order valence-electron chi connectivity index (χ4n) is 1.86. The summed E-state index contributed by atoms with van der Waals surface area (Å²) in [5.74, 6) is 5.73. The van der Waals surface area contributed by atoms with E-state index < -0.39 is 0 Å². The zero-order valence-electron chi connectivity index (χ0n) is 10.2. The van der Waals surface area contributed by atoms with Gasteiger partial charge in [-0.2, -0.15) is 0 Å². The zero-order valence-corrected chi connectivity index (χ0v) is 10.2. The van der Waals surface area contributed by atoms with Crippen molar-refractivity contribution < 1.29 is 0 Å². The van der Waals surface area contributed by atoms with Gasteiger partial charge >= 0.3 is 5.69 Å². The lowest BCUT2D eigenvalue weighted by atomic mass is 10.1. The highest BCUT2D eigenvalue weighted by atomic mass is 16.1. The topological polar surface area (TPSA) is 74.4 Å². The third kappa shape index (κ3) is 2.00. The van der Waals surface area contributed by atoms with Gasteiger partial charge < -0.3 is 0 Å². The average Bonchev–Trinajstić information content (AvgIpc) is 2.78. The van der Waals surface area contributed by atoms with E-state index in [1.54, 1.807) is 6.92 Å². The number of H-pyrrole nitrogens is 2. The third-order valence-corrected chi connectivity index (χ3v) is 2.65. The molecule has 19 heavy (non-hydrogen) atoms. The number of imidazole rings is 1. The van der Waals surface area contributed by atoms with Crippen LogP contribution in [0.5, 0.6) is 0 Å². The predicted octanol–water partition coefficient (Wildman–Crippen LogP) is 1.68. The summed E-state index contributed by atoms with van der Waals surface area (Å²) in [5.41, 5.74) is 2.66. The summed E-state index contributed by atoms with van der Waals surface area (Å²) in [7, 11) is 0. The molecule has 0 aliphatic heterocycles. The second kappa shape index (κ2) is 4.42. The molecule has 1 aromatic carbocycles. The molecule has 0 fully saturated rings. The summed E-state index contributed by atoms with van der Waals surface area (Å²) in [6, 6.07) is 9.64. The van der Waals surface area contributed by atoms with Gasteiger partial charge in [-0.3, -0.25) is 9.97 Å². The Morgan fingerprint density at radius 1 is 1.05 bits per heavy atom. The molecule has 0 saturated carbocycles. The molecule has 0 amide bonds. The van der Waals surface area contributed by atoms with Gasteiger partial charge in [0, 0.05) is 5.56 Å². The van der Waals surface area contributed by atoms with Crippen molar-refractivity contribution >= 4 is 11.3 Å². The minimum Gasteiger partial charge on any atom is -0.289 e. The number of fused-ring (bicyclic) bond motifs is 1. The van der Waals surface area contributed by atoms with Gasteiger partial charge in [0.2, 0.25) is 0 Å². The van der Waals surface area contributed by atoms with Crippen LogP contribution in [0.25, 0.3) is 22.6 Å². The number of aromatic amines is 2. The largest absolute Gasteiger partial charge is 0.326 e. The zero-order chi connectivity index (χ0) is 13.2. The number of aromatic nitrogens is 4. The molecule has 0 spiro atoms. The van der Waals surface area contributed by atoms with Crippen molar-refractivity contribution in [2.24, 2.45) is 0 Å². The van der Waals surface area contributed by atoms with Crippen LogP contribution in [-0.4, -0.2) is 19.9 Å². The lowest BCUT2D eigenvalue weighted by Crippen LogP contribution is -1.99. The molecule has 0 bridgehead atoms. The van der Waals surface area contributed by atoms with E-state index in [2.05, 4.69) is 31.8 Å². The van der Waals surface area contributed by atoms with Gasteiger partial charge in [0.25, 0.3) is 0 Å². The number of benzene rings is 1. The van der Waals surface area contributed by atoms with Crippen LogP contribution in [-0.2, 0) is 0 Å². The average molecular weight is 250 g/mol. The fraction of sp³-hybridized carbons (Fsp3) is 0.0714. The molecule has 2 heterocycles. The molecular weight excluding hydrogens is 240 g/mol. The fourth-order valence-corrected chi connectivity index (χ4v) is 1.86. The maximum Gasteiger partial charge on any atom is 0.326 e. The van der Waals surface area contributed by atoms with Gasteiger partial charge in [-0.25, -0.2) is 14.8 Å². The van der Waals surface area contributed by atoms with Crippen LogP contribution in [0.1, 0.15) is 12.6 Å². The Morgan fingerprint density at radius 3 is 2.42 bits per heavy atom. The Kier molecular flexibility index (Phi) is 2.62. The lowest BCUT2D eigenvalue weighted by molar-refractivity contribution is 1.20. The normalized spacial score (nSPS) is 10.2. The minimum atomic E-state index is -0.324. The summed E-state index contributed by atoms with van der Waals surface area (Å²) < 4.78 is 0. The summed E-state index contributed by atoms with van der Waals surface area (Å²) in [6.45, 7) is 1.74. The van der Waals surface area contributed by atoms with Crippen LogP contribution in [0, 0.1) is 11.8 Å². The first-order valence-corrected chi connectivity index (χ1v) is 5.76. The smallest absolute Gasteiger partial charge is 0.289 e. The second-order valence-electron chi connectivity index (χ2n) is 3.94. The molecule has 5 nitrogen and oxygen atoms in total. The van der Waals surface area contributed by atoms with Crippen LogP contribution < -0.4 is 5.69 Å². The van der Waals surface area contributed by atoms with E-state index in [4.69, 9.17) is 0 Å². The molecule has 0 radical (unpaired) electrons. The summed E-state index contributed by atoms with van der Waals surface area (Å²) >= 11 is 0. The van der Waals surface area contributed by atoms with Gasteiger partial charge in [0.1, 0.15) is 11.4 Å². The first-order chi connectivity index (χ1) is 9.28. The monoisotopic (exact) mass is 250 g/mol.